The first-order valence-electron chi connectivity index (χ1n) is 8.65. The van der Waals surface area contributed by atoms with Crippen LogP contribution >= 0.6 is 0 Å². The summed E-state index contributed by atoms with van der Waals surface area (Å²) in [5.74, 6) is -0.284. The summed E-state index contributed by atoms with van der Waals surface area (Å²) in [6.45, 7) is -0.150. The van der Waals surface area contributed by atoms with Gasteiger partial charge in [0.05, 0.1) is 17.8 Å². The van der Waals surface area contributed by atoms with E-state index in [0.29, 0.717) is 5.52 Å². The zero-order valence-corrected chi connectivity index (χ0v) is 14.5. The van der Waals surface area contributed by atoms with Crippen LogP contribution in [0.2, 0.25) is 0 Å². The molecule has 0 saturated heterocycles. The Balaban J connectivity index is 1.60. The molecule has 0 aliphatic carbocycles. The first-order chi connectivity index (χ1) is 13.2. The fourth-order valence-corrected chi connectivity index (χ4v) is 3.08. The number of nitrogens with one attached hydrogen (secondary N) is 1. The summed E-state index contributed by atoms with van der Waals surface area (Å²) in [6, 6.07) is 22.7. The van der Waals surface area contributed by atoms with Gasteiger partial charge in [0.2, 0.25) is 5.91 Å². The molecule has 2 heterocycles. The molecular formula is C21H18N4O2. The van der Waals surface area contributed by atoms with Gasteiger partial charge in [-0.3, -0.25) is 9.20 Å². The van der Waals surface area contributed by atoms with Crippen LogP contribution in [0.1, 0.15) is 17.2 Å². The lowest BCUT2D eigenvalue weighted by Crippen LogP contribution is -2.37. The topological polar surface area (TPSA) is 68.4 Å². The zero-order valence-electron chi connectivity index (χ0n) is 14.5. The number of hydrogen-bond donors (Lipinski definition) is 1. The fourth-order valence-electron chi connectivity index (χ4n) is 3.08. The molecule has 0 atom stereocenters. The second-order valence-electron chi connectivity index (χ2n) is 6.21. The van der Waals surface area contributed by atoms with E-state index in [1.807, 2.05) is 60.7 Å². The lowest BCUT2D eigenvalue weighted by Gasteiger charge is -2.20. The number of amides is 1. The van der Waals surface area contributed by atoms with E-state index in [1.165, 1.54) is 4.40 Å². The normalized spacial score (nSPS) is 11.0. The lowest BCUT2D eigenvalue weighted by molar-refractivity contribution is -0.122. The van der Waals surface area contributed by atoms with Crippen molar-refractivity contribution in [1.29, 1.82) is 0 Å². The molecule has 0 fully saturated rings. The molecule has 1 amide bonds. The number of carbonyl (C=O) groups excluding carboxylic acids is 1. The predicted molar refractivity (Wildman–Crippen MR) is 102 cm³/mol. The number of fused-ring (bicyclic) bond motifs is 1. The maximum Gasteiger partial charge on any atom is 0.349 e. The van der Waals surface area contributed by atoms with Gasteiger partial charge in [0, 0.05) is 6.20 Å². The average Bonchev–Trinajstić information content (AvgIpc) is 3.19. The minimum atomic E-state index is -0.344. The van der Waals surface area contributed by atoms with Gasteiger partial charge in [0.15, 0.2) is 0 Å². The number of hydrogen-bond acceptors (Lipinski definition) is 3. The predicted octanol–water partition coefficient (Wildman–Crippen LogP) is 2.40. The van der Waals surface area contributed by atoms with Crippen LogP contribution in [-0.4, -0.2) is 20.1 Å². The Hall–Kier alpha value is -3.67. The Morgan fingerprint density at radius 3 is 2.19 bits per heavy atom. The molecule has 0 unspecified atom stereocenters. The summed E-state index contributed by atoms with van der Waals surface area (Å²) in [5, 5.41) is 7.11. The Labute approximate surface area is 155 Å². The van der Waals surface area contributed by atoms with Gasteiger partial charge in [0.25, 0.3) is 0 Å². The third-order valence-corrected chi connectivity index (χ3v) is 4.40. The van der Waals surface area contributed by atoms with Crippen molar-refractivity contribution < 1.29 is 4.79 Å². The molecule has 6 heteroatoms. The SMILES string of the molecule is O=C(Cn1ncc2cccn2c1=O)NC(c1ccccc1)c1ccccc1. The summed E-state index contributed by atoms with van der Waals surface area (Å²) < 4.78 is 2.63. The number of rotatable bonds is 5. The van der Waals surface area contributed by atoms with Crippen molar-refractivity contribution in [1.82, 2.24) is 19.5 Å². The Morgan fingerprint density at radius 1 is 0.926 bits per heavy atom. The Kier molecular flexibility index (Phi) is 4.53. The van der Waals surface area contributed by atoms with Gasteiger partial charge >= 0.3 is 5.69 Å². The van der Waals surface area contributed by atoms with Gasteiger partial charge in [-0.2, -0.15) is 5.10 Å². The maximum absolute atomic E-state index is 12.7. The molecule has 0 aliphatic rings. The van der Waals surface area contributed by atoms with Crippen LogP contribution in [0.3, 0.4) is 0 Å². The largest absolute Gasteiger partial charge is 0.349 e. The summed E-state index contributed by atoms with van der Waals surface area (Å²) >= 11 is 0. The minimum Gasteiger partial charge on any atom is -0.344 e. The Morgan fingerprint density at radius 2 is 1.56 bits per heavy atom. The van der Waals surface area contributed by atoms with Crippen molar-refractivity contribution in [3.05, 3.63) is 107 Å². The highest BCUT2D eigenvalue weighted by molar-refractivity contribution is 5.76. The first kappa shape index (κ1) is 16.8. The van der Waals surface area contributed by atoms with E-state index < -0.39 is 0 Å². The van der Waals surface area contributed by atoms with Crippen LogP contribution in [0.25, 0.3) is 5.52 Å². The second kappa shape index (κ2) is 7.29. The van der Waals surface area contributed by atoms with Crippen LogP contribution in [0.5, 0.6) is 0 Å². The molecule has 27 heavy (non-hydrogen) atoms. The van der Waals surface area contributed by atoms with E-state index in [-0.39, 0.29) is 24.2 Å². The van der Waals surface area contributed by atoms with Crippen LogP contribution in [0, 0.1) is 0 Å². The highest BCUT2D eigenvalue weighted by atomic mass is 16.2. The molecule has 2 aromatic carbocycles. The highest BCUT2D eigenvalue weighted by Gasteiger charge is 2.17. The first-order valence-corrected chi connectivity index (χ1v) is 8.65. The van der Waals surface area contributed by atoms with Crippen molar-refractivity contribution >= 4 is 11.4 Å². The summed E-state index contributed by atoms with van der Waals surface area (Å²) in [7, 11) is 0. The molecule has 0 bridgehead atoms. The summed E-state index contributed by atoms with van der Waals surface area (Å²) in [6.07, 6.45) is 3.23. The molecule has 6 nitrogen and oxygen atoms in total. The van der Waals surface area contributed by atoms with E-state index in [1.54, 1.807) is 24.5 Å². The average molecular weight is 358 g/mol. The Bertz CT molecular complexity index is 1080. The van der Waals surface area contributed by atoms with Gasteiger partial charge in [0.1, 0.15) is 6.54 Å². The second-order valence-corrected chi connectivity index (χ2v) is 6.21. The van der Waals surface area contributed by atoms with E-state index in [0.717, 1.165) is 15.8 Å². The molecule has 0 spiro atoms. The molecule has 0 saturated carbocycles. The highest BCUT2D eigenvalue weighted by Crippen LogP contribution is 2.21. The molecule has 4 rings (SSSR count). The van der Waals surface area contributed by atoms with Crippen LogP contribution < -0.4 is 11.0 Å². The van der Waals surface area contributed by atoms with Crippen molar-refractivity contribution in [3.8, 4) is 0 Å². The molecule has 134 valence electrons. The maximum atomic E-state index is 12.7. The van der Waals surface area contributed by atoms with Crippen molar-refractivity contribution in [3.63, 3.8) is 0 Å². The lowest BCUT2D eigenvalue weighted by atomic mass is 9.99. The van der Waals surface area contributed by atoms with E-state index in [2.05, 4.69) is 10.4 Å². The van der Waals surface area contributed by atoms with Crippen LogP contribution in [-0.2, 0) is 11.3 Å². The molecule has 2 aromatic heterocycles. The van der Waals surface area contributed by atoms with Crippen LogP contribution in [0.4, 0.5) is 0 Å². The zero-order chi connectivity index (χ0) is 18.6. The van der Waals surface area contributed by atoms with E-state index in [9.17, 15) is 9.59 Å². The molecule has 0 aliphatic heterocycles. The number of nitrogens with zero attached hydrogens (tertiary/aromatic N) is 3. The van der Waals surface area contributed by atoms with Crippen LogP contribution in [0.15, 0.2) is 90.0 Å². The number of aromatic nitrogens is 3. The molecule has 1 N–H and O–H groups in total. The van der Waals surface area contributed by atoms with Gasteiger partial charge in [-0.1, -0.05) is 60.7 Å². The number of carbonyl (C=O) groups is 1. The molecular weight excluding hydrogens is 340 g/mol. The van der Waals surface area contributed by atoms with E-state index >= 15 is 0 Å². The summed E-state index contributed by atoms with van der Waals surface area (Å²) in [4.78, 5) is 25.1. The van der Waals surface area contributed by atoms with Gasteiger partial charge in [-0.15, -0.1) is 0 Å². The van der Waals surface area contributed by atoms with Crippen molar-refractivity contribution in [2.24, 2.45) is 0 Å². The van der Waals surface area contributed by atoms with Crippen molar-refractivity contribution in [2.75, 3.05) is 0 Å². The van der Waals surface area contributed by atoms with Gasteiger partial charge < -0.3 is 5.32 Å². The fraction of sp³-hybridized carbons (Fsp3) is 0.0952. The monoisotopic (exact) mass is 358 g/mol. The minimum absolute atomic E-state index is 0.150. The quantitative estimate of drug-likeness (QED) is 0.596. The van der Waals surface area contributed by atoms with Gasteiger partial charge in [-0.05, 0) is 23.3 Å². The third-order valence-electron chi connectivity index (χ3n) is 4.40. The third kappa shape index (κ3) is 3.50. The standard InChI is InChI=1S/C21H18N4O2/c26-19(15-25-21(27)24-13-7-12-18(24)14-22-25)23-20(16-8-3-1-4-9-16)17-10-5-2-6-11-17/h1-14,20H,15H2,(H,23,26). The molecule has 0 radical (unpaired) electrons. The van der Waals surface area contributed by atoms with Crippen molar-refractivity contribution in [2.45, 2.75) is 12.6 Å². The summed E-state index contributed by atoms with van der Waals surface area (Å²) in [5.41, 5.74) is 2.29. The number of benzene rings is 2. The smallest absolute Gasteiger partial charge is 0.344 e. The van der Waals surface area contributed by atoms with E-state index in [4.69, 9.17) is 0 Å². The van der Waals surface area contributed by atoms with Gasteiger partial charge in [-0.25, -0.2) is 9.48 Å². The molecule has 4 aromatic rings.